The second-order valence-electron chi connectivity index (χ2n) is 7.38. The van der Waals surface area contributed by atoms with E-state index in [-0.39, 0.29) is 11.9 Å². The lowest BCUT2D eigenvalue weighted by Gasteiger charge is -2.36. The van der Waals surface area contributed by atoms with E-state index in [0.29, 0.717) is 18.2 Å². The third-order valence-corrected chi connectivity index (χ3v) is 5.49. The molecule has 7 nitrogen and oxygen atoms in total. The third-order valence-electron chi connectivity index (χ3n) is 5.49. The zero-order valence-electron chi connectivity index (χ0n) is 15.9. The number of carbonyl (C=O) groups is 1. The van der Waals surface area contributed by atoms with Crippen molar-refractivity contribution in [2.24, 2.45) is 0 Å². The van der Waals surface area contributed by atoms with Crippen LogP contribution in [0.1, 0.15) is 49.0 Å². The zero-order chi connectivity index (χ0) is 18.8. The van der Waals surface area contributed by atoms with Gasteiger partial charge in [0.2, 0.25) is 11.8 Å². The third kappa shape index (κ3) is 4.13. The summed E-state index contributed by atoms with van der Waals surface area (Å²) in [6.07, 6.45) is 2.76. The van der Waals surface area contributed by atoms with Crippen molar-refractivity contribution in [2.45, 2.75) is 38.1 Å². The maximum absolute atomic E-state index is 12.6. The van der Waals surface area contributed by atoms with Crippen molar-refractivity contribution in [2.75, 3.05) is 33.3 Å². The summed E-state index contributed by atoms with van der Waals surface area (Å²) in [7, 11) is 1.64. The highest BCUT2D eigenvalue weighted by molar-refractivity contribution is 5.79. The second kappa shape index (κ2) is 7.68. The summed E-state index contributed by atoms with van der Waals surface area (Å²) in [6, 6.07) is 7.76. The molecule has 1 aromatic carbocycles. The van der Waals surface area contributed by atoms with Crippen LogP contribution in [0.2, 0.25) is 0 Å². The number of benzene rings is 1. The molecule has 7 heteroatoms. The fourth-order valence-electron chi connectivity index (χ4n) is 3.47. The lowest BCUT2D eigenvalue weighted by atomic mass is 10.1. The Hall–Kier alpha value is -2.41. The van der Waals surface area contributed by atoms with E-state index in [2.05, 4.69) is 22.0 Å². The van der Waals surface area contributed by atoms with Crippen molar-refractivity contribution in [3.05, 3.63) is 41.5 Å². The van der Waals surface area contributed by atoms with Crippen LogP contribution in [0.3, 0.4) is 0 Å². The van der Waals surface area contributed by atoms with E-state index in [1.807, 2.05) is 29.2 Å². The molecule has 1 saturated heterocycles. The number of hydrogen-bond acceptors (Lipinski definition) is 6. The van der Waals surface area contributed by atoms with Gasteiger partial charge in [0, 0.05) is 32.1 Å². The molecule has 2 aliphatic rings. The molecule has 1 aliphatic heterocycles. The van der Waals surface area contributed by atoms with Crippen molar-refractivity contribution < 1.29 is 14.1 Å². The molecule has 1 aromatic heterocycles. The standard InChI is InChI=1S/C20H26N4O3/c1-14(20-21-19(22-27-20)16-5-6-16)23-9-11-24(12-10-23)18(25)13-15-3-7-17(26-2)8-4-15/h3-4,7-8,14,16H,5-6,9-13H2,1-2H3/t14-/m1/s1. The van der Waals surface area contributed by atoms with Crippen LogP contribution in [0.15, 0.2) is 28.8 Å². The van der Waals surface area contributed by atoms with Gasteiger partial charge in [0.15, 0.2) is 5.82 Å². The van der Waals surface area contributed by atoms with Crippen molar-refractivity contribution >= 4 is 5.91 Å². The first-order valence-electron chi connectivity index (χ1n) is 9.62. The summed E-state index contributed by atoms with van der Waals surface area (Å²) in [5.41, 5.74) is 1.01. The molecular weight excluding hydrogens is 344 g/mol. The van der Waals surface area contributed by atoms with E-state index in [1.165, 1.54) is 12.8 Å². The number of aromatic nitrogens is 2. The van der Waals surface area contributed by atoms with Crippen molar-refractivity contribution in [3.63, 3.8) is 0 Å². The fraction of sp³-hybridized carbons (Fsp3) is 0.550. The normalized spacial score (nSPS) is 19.1. The van der Waals surface area contributed by atoms with Crippen LogP contribution in [-0.4, -0.2) is 59.1 Å². The SMILES string of the molecule is COc1ccc(CC(=O)N2CCN([C@H](C)c3nc(C4CC4)no3)CC2)cc1. The topological polar surface area (TPSA) is 71.7 Å². The van der Waals surface area contributed by atoms with E-state index in [0.717, 1.165) is 43.3 Å². The highest BCUT2D eigenvalue weighted by Crippen LogP contribution is 2.38. The van der Waals surface area contributed by atoms with Gasteiger partial charge < -0.3 is 14.2 Å². The molecule has 27 heavy (non-hydrogen) atoms. The molecule has 0 bridgehead atoms. The Morgan fingerprint density at radius 2 is 1.93 bits per heavy atom. The van der Waals surface area contributed by atoms with Crippen LogP contribution in [0.25, 0.3) is 0 Å². The average molecular weight is 370 g/mol. The summed E-state index contributed by atoms with van der Waals surface area (Å²) in [5, 5.41) is 4.11. The van der Waals surface area contributed by atoms with Crippen molar-refractivity contribution in [1.82, 2.24) is 19.9 Å². The van der Waals surface area contributed by atoms with Crippen LogP contribution in [-0.2, 0) is 11.2 Å². The summed E-state index contributed by atoms with van der Waals surface area (Å²) in [4.78, 5) is 21.4. The van der Waals surface area contributed by atoms with E-state index in [9.17, 15) is 4.79 Å². The molecule has 0 radical (unpaired) electrons. The van der Waals surface area contributed by atoms with Crippen LogP contribution >= 0.6 is 0 Å². The Balaban J connectivity index is 1.28. The molecule has 1 atom stereocenters. The van der Waals surface area contributed by atoms with Crippen molar-refractivity contribution in [3.8, 4) is 5.75 Å². The van der Waals surface area contributed by atoms with Gasteiger partial charge in [0.25, 0.3) is 0 Å². The Bertz CT molecular complexity index is 777. The number of ether oxygens (including phenoxy) is 1. The highest BCUT2D eigenvalue weighted by atomic mass is 16.5. The van der Waals surface area contributed by atoms with Gasteiger partial charge in [-0.05, 0) is 37.5 Å². The molecule has 4 rings (SSSR count). The van der Waals surface area contributed by atoms with E-state index >= 15 is 0 Å². The molecule has 1 aliphatic carbocycles. The Morgan fingerprint density at radius 3 is 2.56 bits per heavy atom. The zero-order valence-corrected chi connectivity index (χ0v) is 15.9. The number of hydrogen-bond donors (Lipinski definition) is 0. The lowest BCUT2D eigenvalue weighted by Crippen LogP contribution is -2.49. The Kier molecular flexibility index (Phi) is 5.11. The summed E-state index contributed by atoms with van der Waals surface area (Å²) >= 11 is 0. The Labute approximate surface area is 159 Å². The fourth-order valence-corrected chi connectivity index (χ4v) is 3.47. The number of methoxy groups -OCH3 is 1. The molecule has 1 saturated carbocycles. The molecule has 144 valence electrons. The molecule has 0 N–H and O–H groups in total. The first-order valence-corrected chi connectivity index (χ1v) is 9.62. The summed E-state index contributed by atoms with van der Waals surface area (Å²) in [6.45, 7) is 5.18. The van der Waals surface area contributed by atoms with Gasteiger partial charge in [-0.3, -0.25) is 9.69 Å². The second-order valence-corrected chi connectivity index (χ2v) is 7.38. The van der Waals surface area contributed by atoms with Crippen molar-refractivity contribution in [1.29, 1.82) is 0 Å². The summed E-state index contributed by atoms with van der Waals surface area (Å²) in [5.74, 6) is 3.02. The smallest absolute Gasteiger partial charge is 0.243 e. The number of piperazine rings is 1. The van der Waals surface area contributed by atoms with Gasteiger partial charge >= 0.3 is 0 Å². The van der Waals surface area contributed by atoms with Crippen LogP contribution in [0.5, 0.6) is 5.75 Å². The average Bonchev–Trinajstić information content (AvgIpc) is 3.45. The van der Waals surface area contributed by atoms with Crippen LogP contribution < -0.4 is 4.74 Å². The minimum absolute atomic E-state index is 0.0869. The predicted octanol–water partition coefficient (Wildman–Crippen LogP) is 2.40. The van der Waals surface area contributed by atoms with Crippen LogP contribution in [0.4, 0.5) is 0 Å². The number of rotatable bonds is 6. The van der Waals surface area contributed by atoms with E-state index in [1.54, 1.807) is 7.11 Å². The maximum atomic E-state index is 12.6. The number of carbonyl (C=O) groups excluding carboxylic acids is 1. The van der Waals surface area contributed by atoms with Gasteiger partial charge in [-0.2, -0.15) is 4.98 Å². The quantitative estimate of drug-likeness (QED) is 0.778. The molecular formula is C20H26N4O3. The van der Waals surface area contributed by atoms with Gasteiger partial charge in [-0.25, -0.2) is 0 Å². The van der Waals surface area contributed by atoms with E-state index < -0.39 is 0 Å². The van der Waals surface area contributed by atoms with Gasteiger partial charge in [0.05, 0.1) is 19.6 Å². The minimum atomic E-state index is 0.0869. The molecule has 1 amide bonds. The maximum Gasteiger partial charge on any atom is 0.243 e. The van der Waals surface area contributed by atoms with Gasteiger partial charge in [-0.1, -0.05) is 17.3 Å². The number of nitrogens with zero attached hydrogens (tertiary/aromatic N) is 4. The molecule has 0 spiro atoms. The molecule has 0 unspecified atom stereocenters. The number of amides is 1. The van der Waals surface area contributed by atoms with Crippen LogP contribution in [0, 0.1) is 0 Å². The van der Waals surface area contributed by atoms with E-state index in [4.69, 9.17) is 9.26 Å². The molecule has 2 fully saturated rings. The van der Waals surface area contributed by atoms with Gasteiger partial charge in [-0.15, -0.1) is 0 Å². The van der Waals surface area contributed by atoms with Gasteiger partial charge in [0.1, 0.15) is 5.75 Å². The summed E-state index contributed by atoms with van der Waals surface area (Å²) < 4.78 is 10.6. The first-order chi connectivity index (χ1) is 13.1. The lowest BCUT2D eigenvalue weighted by molar-refractivity contribution is -0.132. The monoisotopic (exact) mass is 370 g/mol. The minimum Gasteiger partial charge on any atom is -0.497 e. The molecule has 2 heterocycles. The first kappa shape index (κ1) is 18.0. The largest absolute Gasteiger partial charge is 0.497 e. The highest BCUT2D eigenvalue weighted by Gasteiger charge is 2.32. The predicted molar refractivity (Wildman–Crippen MR) is 99.5 cm³/mol. The molecule has 2 aromatic rings. The Morgan fingerprint density at radius 1 is 1.22 bits per heavy atom.